The molecule has 90 valence electrons. The smallest absolute Gasteiger partial charge is 0.230 e. The maximum Gasteiger partial charge on any atom is 0.230 e. The van der Waals surface area contributed by atoms with Gasteiger partial charge in [0.15, 0.2) is 5.78 Å². The normalized spacial score (nSPS) is 24.8. The largest absolute Gasteiger partial charge is 0.332 e. The van der Waals surface area contributed by atoms with Gasteiger partial charge >= 0.3 is 0 Å². The molecule has 0 aromatic carbocycles. The van der Waals surface area contributed by atoms with E-state index in [2.05, 4.69) is 18.7 Å². The first-order valence-corrected chi connectivity index (χ1v) is 6.13. The first kappa shape index (κ1) is 11.6. The lowest BCUT2D eigenvalue weighted by Crippen LogP contribution is -2.47. The van der Waals surface area contributed by atoms with Crippen LogP contribution in [0.2, 0.25) is 0 Å². The van der Waals surface area contributed by atoms with Crippen LogP contribution in [0.3, 0.4) is 0 Å². The number of amides is 1. The molecule has 0 bridgehead atoms. The first-order valence-electron chi connectivity index (χ1n) is 6.13. The lowest BCUT2D eigenvalue weighted by Gasteiger charge is -2.38. The number of piperidine rings is 1. The predicted molar refractivity (Wildman–Crippen MR) is 61.1 cm³/mol. The fraction of sp³-hybridized carbons (Fsp3) is 0.833. The Morgan fingerprint density at radius 1 is 1.19 bits per heavy atom. The van der Waals surface area contributed by atoms with Crippen molar-refractivity contribution in [2.45, 2.75) is 45.2 Å². The molecule has 0 N–H and O–H groups in total. The van der Waals surface area contributed by atoms with E-state index in [9.17, 15) is 9.59 Å². The van der Waals surface area contributed by atoms with Crippen molar-refractivity contribution >= 4 is 11.7 Å². The molecule has 0 aromatic rings. The third kappa shape index (κ3) is 2.26. The zero-order valence-electron chi connectivity index (χ0n) is 10.1. The number of hydrogen-bond acceptors (Lipinski definition) is 3. The Balaban J connectivity index is 1.89. The van der Waals surface area contributed by atoms with Crippen molar-refractivity contribution in [2.75, 3.05) is 19.6 Å². The standard InChI is InChI=1S/C12H20N2O2/c1-9(2)13-5-3-10(4-6-13)14-8-11(15)7-12(14)16/h9-10H,3-8H2,1-2H3. The van der Waals surface area contributed by atoms with Gasteiger partial charge in [0, 0.05) is 25.2 Å². The van der Waals surface area contributed by atoms with Gasteiger partial charge in [0.05, 0.1) is 13.0 Å². The molecule has 2 saturated heterocycles. The van der Waals surface area contributed by atoms with Crippen LogP contribution < -0.4 is 0 Å². The Bertz CT molecular complexity index is 293. The molecule has 4 heteroatoms. The summed E-state index contributed by atoms with van der Waals surface area (Å²) in [6, 6.07) is 0.880. The first-order chi connectivity index (χ1) is 7.58. The molecule has 0 aromatic heterocycles. The second-order valence-corrected chi connectivity index (χ2v) is 5.10. The molecular formula is C12H20N2O2. The van der Waals surface area contributed by atoms with Crippen LogP contribution in [0.15, 0.2) is 0 Å². The molecule has 4 nitrogen and oxygen atoms in total. The number of hydrogen-bond donors (Lipinski definition) is 0. The average Bonchev–Trinajstić information content (AvgIpc) is 2.58. The Labute approximate surface area is 96.6 Å². The topological polar surface area (TPSA) is 40.6 Å². The highest BCUT2D eigenvalue weighted by Gasteiger charge is 2.34. The van der Waals surface area contributed by atoms with Crippen LogP contribution in [0.5, 0.6) is 0 Å². The molecule has 2 rings (SSSR count). The summed E-state index contributed by atoms with van der Waals surface area (Å²) in [6.07, 6.45) is 2.15. The summed E-state index contributed by atoms with van der Waals surface area (Å²) in [4.78, 5) is 27.0. The second kappa shape index (κ2) is 4.53. The van der Waals surface area contributed by atoms with E-state index in [4.69, 9.17) is 0 Å². The number of rotatable bonds is 2. The third-order valence-electron chi connectivity index (χ3n) is 3.69. The van der Waals surface area contributed by atoms with E-state index in [1.54, 1.807) is 4.90 Å². The van der Waals surface area contributed by atoms with Gasteiger partial charge in [-0.3, -0.25) is 9.59 Å². The summed E-state index contributed by atoms with van der Waals surface area (Å²) in [5.74, 6) is 0.115. The van der Waals surface area contributed by atoms with Gasteiger partial charge in [0.1, 0.15) is 0 Å². The SMILES string of the molecule is CC(C)N1CCC(N2CC(=O)CC2=O)CC1. The molecule has 0 atom stereocenters. The Hall–Kier alpha value is -0.900. The molecule has 1 amide bonds. The molecule has 2 heterocycles. The van der Waals surface area contributed by atoms with E-state index in [1.165, 1.54) is 0 Å². The lowest BCUT2D eigenvalue weighted by molar-refractivity contribution is -0.130. The fourth-order valence-electron chi connectivity index (χ4n) is 2.65. The van der Waals surface area contributed by atoms with Gasteiger partial charge in [-0.25, -0.2) is 0 Å². The Morgan fingerprint density at radius 3 is 2.25 bits per heavy atom. The van der Waals surface area contributed by atoms with Crippen molar-refractivity contribution in [2.24, 2.45) is 0 Å². The van der Waals surface area contributed by atoms with E-state index >= 15 is 0 Å². The average molecular weight is 224 g/mol. The van der Waals surface area contributed by atoms with Gasteiger partial charge in [-0.05, 0) is 26.7 Å². The van der Waals surface area contributed by atoms with E-state index in [0.29, 0.717) is 18.6 Å². The van der Waals surface area contributed by atoms with Crippen molar-refractivity contribution in [1.82, 2.24) is 9.80 Å². The fourth-order valence-corrected chi connectivity index (χ4v) is 2.65. The molecule has 0 spiro atoms. The van der Waals surface area contributed by atoms with Crippen LogP contribution >= 0.6 is 0 Å². The number of nitrogens with zero attached hydrogens (tertiary/aromatic N) is 2. The van der Waals surface area contributed by atoms with Gasteiger partial charge in [-0.2, -0.15) is 0 Å². The van der Waals surface area contributed by atoms with Crippen LogP contribution in [0, 0.1) is 0 Å². The minimum atomic E-state index is 0.0352. The number of ketones is 1. The number of carbonyl (C=O) groups excluding carboxylic acids is 2. The summed E-state index contributed by atoms with van der Waals surface area (Å²) in [7, 11) is 0. The minimum Gasteiger partial charge on any atom is -0.332 e. The van der Waals surface area contributed by atoms with Crippen molar-refractivity contribution < 1.29 is 9.59 Å². The van der Waals surface area contributed by atoms with Crippen molar-refractivity contribution in [3.05, 3.63) is 0 Å². The van der Waals surface area contributed by atoms with Crippen molar-refractivity contribution in [1.29, 1.82) is 0 Å². The van der Waals surface area contributed by atoms with Gasteiger partial charge in [0.25, 0.3) is 0 Å². The van der Waals surface area contributed by atoms with Gasteiger partial charge in [0.2, 0.25) is 5.91 Å². The molecule has 16 heavy (non-hydrogen) atoms. The summed E-state index contributed by atoms with van der Waals surface area (Å²) < 4.78 is 0. The molecule has 2 fully saturated rings. The molecule has 2 aliphatic rings. The summed E-state index contributed by atoms with van der Waals surface area (Å²) in [6.45, 7) is 6.83. The highest BCUT2D eigenvalue weighted by molar-refractivity contribution is 6.05. The van der Waals surface area contributed by atoms with E-state index in [1.807, 2.05) is 0 Å². The van der Waals surface area contributed by atoms with Crippen LogP contribution in [-0.4, -0.2) is 53.2 Å². The molecule has 0 radical (unpaired) electrons. The van der Waals surface area contributed by atoms with Gasteiger partial charge in [-0.15, -0.1) is 0 Å². The predicted octanol–water partition coefficient (Wildman–Crippen LogP) is 0.661. The zero-order chi connectivity index (χ0) is 11.7. The van der Waals surface area contributed by atoms with E-state index in [-0.39, 0.29) is 18.1 Å². The minimum absolute atomic E-state index is 0.0352. The number of Topliss-reactive ketones (excluding diaryl/α,β-unsaturated/α-hetero) is 1. The maximum absolute atomic E-state index is 11.6. The number of carbonyl (C=O) groups is 2. The van der Waals surface area contributed by atoms with Crippen LogP contribution in [0.4, 0.5) is 0 Å². The van der Waals surface area contributed by atoms with Crippen molar-refractivity contribution in [3.63, 3.8) is 0 Å². The van der Waals surface area contributed by atoms with Gasteiger partial charge in [-0.1, -0.05) is 0 Å². The molecule has 0 unspecified atom stereocenters. The highest BCUT2D eigenvalue weighted by atomic mass is 16.2. The molecule has 0 aliphatic carbocycles. The maximum atomic E-state index is 11.6. The Kier molecular flexibility index (Phi) is 3.28. The third-order valence-corrected chi connectivity index (χ3v) is 3.69. The zero-order valence-corrected chi connectivity index (χ0v) is 10.1. The van der Waals surface area contributed by atoms with E-state index in [0.717, 1.165) is 25.9 Å². The highest BCUT2D eigenvalue weighted by Crippen LogP contribution is 2.21. The quantitative estimate of drug-likeness (QED) is 0.647. The summed E-state index contributed by atoms with van der Waals surface area (Å²) >= 11 is 0. The summed E-state index contributed by atoms with van der Waals surface area (Å²) in [5.41, 5.74) is 0. The Morgan fingerprint density at radius 2 is 1.81 bits per heavy atom. The van der Waals surface area contributed by atoms with Gasteiger partial charge < -0.3 is 9.80 Å². The molecule has 0 saturated carbocycles. The van der Waals surface area contributed by atoms with Crippen LogP contribution in [0.25, 0.3) is 0 Å². The lowest BCUT2D eigenvalue weighted by atomic mass is 10.0. The number of likely N-dealkylation sites (tertiary alicyclic amines) is 2. The van der Waals surface area contributed by atoms with Crippen molar-refractivity contribution in [3.8, 4) is 0 Å². The van der Waals surface area contributed by atoms with Crippen LogP contribution in [0.1, 0.15) is 33.1 Å². The monoisotopic (exact) mass is 224 g/mol. The van der Waals surface area contributed by atoms with Crippen LogP contribution in [-0.2, 0) is 9.59 Å². The molecule has 2 aliphatic heterocycles. The van der Waals surface area contributed by atoms with E-state index < -0.39 is 0 Å². The molecular weight excluding hydrogens is 204 g/mol. The second-order valence-electron chi connectivity index (χ2n) is 5.10. The summed E-state index contributed by atoms with van der Waals surface area (Å²) in [5, 5.41) is 0.